The van der Waals surface area contributed by atoms with E-state index in [1.165, 1.54) is 0 Å². The Bertz CT molecular complexity index is 1120. The van der Waals surface area contributed by atoms with Crippen molar-refractivity contribution in [2.75, 3.05) is 38.5 Å². The van der Waals surface area contributed by atoms with Crippen LogP contribution in [0.25, 0.3) is 0 Å². The zero-order chi connectivity index (χ0) is 24.2. The number of benzene rings is 2. The van der Waals surface area contributed by atoms with E-state index >= 15 is 0 Å². The highest BCUT2D eigenvalue weighted by molar-refractivity contribution is 7.85. The minimum Gasteiger partial charge on any atom is -0.483 e. The molecule has 2 aromatic carbocycles. The van der Waals surface area contributed by atoms with Crippen LogP contribution in [0.4, 0.5) is 4.39 Å². The monoisotopic (exact) mass is 498 g/mol. The Balaban J connectivity index is 1.52. The minimum atomic E-state index is -4.13. The van der Waals surface area contributed by atoms with Gasteiger partial charge in [-0.1, -0.05) is 17.7 Å². The van der Waals surface area contributed by atoms with Gasteiger partial charge in [0.1, 0.15) is 11.6 Å². The van der Waals surface area contributed by atoms with Crippen molar-refractivity contribution in [1.29, 1.82) is 0 Å². The van der Waals surface area contributed by atoms with E-state index in [2.05, 4.69) is 4.90 Å². The smallest absolute Gasteiger partial charge is 0.265 e. The highest BCUT2D eigenvalue weighted by Crippen LogP contribution is 2.24. The van der Waals surface area contributed by atoms with E-state index in [1.807, 2.05) is 13.0 Å². The van der Waals surface area contributed by atoms with E-state index in [9.17, 15) is 17.6 Å². The van der Waals surface area contributed by atoms with Crippen LogP contribution in [0.2, 0.25) is 5.02 Å². The third kappa shape index (κ3) is 7.40. The topological polar surface area (TPSA) is 87.2 Å². The van der Waals surface area contributed by atoms with Crippen LogP contribution >= 0.6 is 11.6 Å². The van der Waals surface area contributed by atoms with Crippen LogP contribution in [0.1, 0.15) is 22.3 Å². The molecule has 7 nitrogen and oxygen atoms in total. The summed E-state index contributed by atoms with van der Waals surface area (Å²) in [6.07, 6.45) is 0.0177. The van der Waals surface area contributed by atoms with E-state index in [0.717, 1.165) is 11.1 Å². The average Bonchev–Trinajstić information content (AvgIpc) is 2.75. The molecule has 1 amide bonds. The van der Waals surface area contributed by atoms with Gasteiger partial charge in [0.2, 0.25) is 0 Å². The fourth-order valence-electron chi connectivity index (χ4n) is 3.76. The van der Waals surface area contributed by atoms with Gasteiger partial charge in [-0.2, -0.15) is 8.42 Å². The Labute approximate surface area is 198 Å². The largest absolute Gasteiger partial charge is 0.483 e. The van der Waals surface area contributed by atoms with Crippen molar-refractivity contribution in [3.05, 3.63) is 63.4 Å². The van der Waals surface area contributed by atoms with Gasteiger partial charge in [0.05, 0.1) is 5.75 Å². The molecular weight excluding hydrogens is 471 g/mol. The first-order valence-electron chi connectivity index (χ1n) is 10.6. The molecule has 0 unspecified atom stereocenters. The van der Waals surface area contributed by atoms with Crippen molar-refractivity contribution < 1.29 is 26.9 Å². The number of amides is 1. The molecule has 1 aliphatic rings. The summed E-state index contributed by atoms with van der Waals surface area (Å²) in [4.78, 5) is 16.6. The van der Waals surface area contributed by atoms with E-state index in [4.69, 9.17) is 20.9 Å². The normalized spacial score (nSPS) is 15.0. The highest BCUT2D eigenvalue weighted by Gasteiger charge is 2.22. The minimum absolute atomic E-state index is 0.0177. The zero-order valence-corrected chi connectivity index (χ0v) is 20.3. The molecule has 33 heavy (non-hydrogen) atoms. The number of carbonyl (C=O) groups excluding carboxylic acids is 1. The SMILES string of the molecule is Cc1cc(CN2CCN(C(=O)COc3ccc(Cl)cc3CCS(=O)(=O)O)CC2)c(C)cc1F. The lowest BCUT2D eigenvalue weighted by molar-refractivity contribution is -0.135. The van der Waals surface area contributed by atoms with Crippen LogP contribution in [0.5, 0.6) is 5.75 Å². The first-order valence-corrected chi connectivity index (χ1v) is 12.6. The third-order valence-corrected chi connectivity index (χ3v) is 6.69. The molecule has 0 aliphatic carbocycles. The molecule has 0 bridgehead atoms. The van der Waals surface area contributed by atoms with Crippen molar-refractivity contribution in [1.82, 2.24) is 9.80 Å². The summed E-state index contributed by atoms with van der Waals surface area (Å²) >= 11 is 5.98. The van der Waals surface area contributed by atoms with Crippen molar-refractivity contribution in [2.24, 2.45) is 0 Å². The predicted octanol–water partition coefficient (Wildman–Crippen LogP) is 3.25. The summed E-state index contributed by atoms with van der Waals surface area (Å²) in [5.41, 5.74) is 3.12. The summed E-state index contributed by atoms with van der Waals surface area (Å²) in [7, 11) is -4.13. The summed E-state index contributed by atoms with van der Waals surface area (Å²) < 4.78 is 50.5. The molecule has 1 fully saturated rings. The van der Waals surface area contributed by atoms with Gasteiger partial charge >= 0.3 is 0 Å². The van der Waals surface area contributed by atoms with Crippen LogP contribution in [0, 0.1) is 19.7 Å². The Morgan fingerprint density at radius 1 is 1.09 bits per heavy atom. The fraction of sp³-hybridized carbons (Fsp3) is 0.435. The number of nitrogens with zero attached hydrogens (tertiary/aromatic N) is 2. The van der Waals surface area contributed by atoms with Gasteiger partial charge in [-0.3, -0.25) is 14.2 Å². The summed E-state index contributed by atoms with van der Waals surface area (Å²) in [6, 6.07) is 8.17. The van der Waals surface area contributed by atoms with E-state index < -0.39 is 15.9 Å². The maximum Gasteiger partial charge on any atom is 0.265 e. The number of halogens is 2. The molecule has 1 aliphatic heterocycles. The first-order chi connectivity index (χ1) is 15.5. The number of hydrogen-bond donors (Lipinski definition) is 1. The molecule has 1 heterocycles. The molecular formula is C23H28ClFN2O5S. The Hall–Kier alpha value is -2.20. The molecule has 1 saturated heterocycles. The quantitative estimate of drug-likeness (QED) is 0.562. The molecule has 0 spiro atoms. The molecule has 3 rings (SSSR count). The maximum absolute atomic E-state index is 13.7. The standard InChI is InChI=1S/C23H28ClFN2O5S/c1-16-12-21(25)17(2)11-19(16)14-26-6-8-27(9-7-26)23(28)15-32-22-4-3-20(24)13-18(22)5-10-33(29,30)31/h3-4,11-13H,5-10,14-15H2,1-2H3,(H,29,30,31). The lowest BCUT2D eigenvalue weighted by atomic mass is 10.0. The number of piperazine rings is 1. The number of carbonyl (C=O) groups is 1. The molecule has 0 radical (unpaired) electrons. The number of hydrogen-bond acceptors (Lipinski definition) is 5. The molecule has 180 valence electrons. The van der Waals surface area contributed by atoms with Crippen molar-refractivity contribution >= 4 is 27.6 Å². The van der Waals surface area contributed by atoms with Crippen molar-refractivity contribution in [3.8, 4) is 5.75 Å². The molecule has 0 aromatic heterocycles. The van der Waals surface area contributed by atoms with Crippen LogP contribution in [0.15, 0.2) is 30.3 Å². The molecule has 0 saturated carbocycles. The fourth-order valence-corrected chi connectivity index (χ4v) is 4.43. The van der Waals surface area contributed by atoms with Gasteiger partial charge in [0.25, 0.3) is 16.0 Å². The predicted molar refractivity (Wildman–Crippen MR) is 125 cm³/mol. The van der Waals surface area contributed by atoms with Crippen LogP contribution in [-0.2, 0) is 27.9 Å². The molecule has 1 N–H and O–H groups in total. The number of aryl methyl sites for hydroxylation is 3. The van der Waals surface area contributed by atoms with Gasteiger partial charge < -0.3 is 9.64 Å². The number of rotatable bonds is 8. The second kappa shape index (κ2) is 10.8. The van der Waals surface area contributed by atoms with Crippen LogP contribution < -0.4 is 4.74 Å². The lowest BCUT2D eigenvalue weighted by Gasteiger charge is -2.35. The third-order valence-electron chi connectivity index (χ3n) is 5.74. The summed E-state index contributed by atoms with van der Waals surface area (Å²) in [5, 5.41) is 0.404. The van der Waals surface area contributed by atoms with Crippen molar-refractivity contribution in [3.63, 3.8) is 0 Å². The second-order valence-electron chi connectivity index (χ2n) is 8.26. The van der Waals surface area contributed by atoms with Crippen molar-refractivity contribution in [2.45, 2.75) is 26.8 Å². The highest BCUT2D eigenvalue weighted by atomic mass is 35.5. The van der Waals surface area contributed by atoms with Gasteiger partial charge in [0.15, 0.2) is 6.61 Å². The van der Waals surface area contributed by atoms with Gasteiger partial charge in [-0.15, -0.1) is 0 Å². The average molecular weight is 499 g/mol. The Kier molecular flexibility index (Phi) is 8.33. The molecule has 10 heteroatoms. The Morgan fingerprint density at radius 2 is 1.79 bits per heavy atom. The van der Waals surface area contributed by atoms with Gasteiger partial charge in [0, 0.05) is 37.7 Å². The Morgan fingerprint density at radius 3 is 2.45 bits per heavy atom. The van der Waals surface area contributed by atoms with Crippen LogP contribution in [0.3, 0.4) is 0 Å². The molecule has 0 atom stereocenters. The lowest BCUT2D eigenvalue weighted by Crippen LogP contribution is -2.49. The van der Waals surface area contributed by atoms with E-state index in [-0.39, 0.29) is 24.8 Å². The first kappa shape index (κ1) is 25.4. The summed E-state index contributed by atoms with van der Waals surface area (Å²) in [5.74, 6) is -0.475. The van der Waals surface area contributed by atoms with Gasteiger partial charge in [-0.05, 0) is 66.8 Å². The van der Waals surface area contributed by atoms with Crippen LogP contribution in [-0.4, -0.2) is 67.2 Å². The maximum atomic E-state index is 13.7. The zero-order valence-electron chi connectivity index (χ0n) is 18.7. The van der Waals surface area contributed by atoms with E-state index in [1.54, 1.807) is 36.1 Å². The second-order valence-corrected chi connectivity index (χ2v) is 10.3. The molecule has 2 aromatic rings. The van der Waals surface area contributed by atoms with E-state index in [0.29, 0.717) is 54.6 Å². The number of ether oxygens (including phenoxy) is 1. The van der Waals surface area contributed by atoms with Gasteiger partial charge in [-0.25, -0.2) is 4.39 Å². The summed E-state index contributed by atoms with van der Waals surface area (Å²) in [6.45, 7) is 6.67.